The van der Waals surface area contributed by atoms with Crippen molar-refractivity contribution in [3.63, 3.8) is 0 Å². The first kappa shape index (κ1) is 13.1. The third-order valence-corrected chi connectivity index (χ3v) is 5.07. The molecule has 2 aliphatic rings. The zero-order valence-electron chi connectivity index (χ0n) is 10.7. The summed E-state index contributed by atoms with van der Waals surface area (Å²) in [6.45, 7) is 0.245. The molecule has 0 spiro atoms. The first-order valence-corrected chi connectivity index (χ1v) is 8.05. The monoisotopic (exact) mass is 282 g/mol. The molecule has 1 heterocycles. The molecule has 0 amide bonds. The second-order valence-corrected chi connectivity index (χ2v) is 6.77. The SMILES string of the molecule is O=S1(=O)OCC2(Cc3ccccc3)CCCCC2O1. The van der Waals surface area contributed by atoms with Crippen LogP contribution < -0.4 is 0 Å². The van der Waals surface area contributed by atoms with Gasteiger partial charge in [0, 0.05) is 5.41 Å². The van der Waals surface area contributed by atoms with Gasteiger partial charge in [-0.15, -0.1) is 0 Å². The fourth-order valence-electron chi connectivity index (χ4n) is 3.20. The molecule has 1 aliphatic carbocycles. The molecule has 1 saturated carbocycles. The average molecular weight is 282 g/mol. The van der Waals surface area contributed by atoms with Crippen LogP contribution in [0.4, 0.5) is 0 Å². The van der Waals surface area contributed by atoms with Gasteiger partial charge < -0.3 is 0 Å². The molecule has 0 aromatic heterocycles. The van der Waals surface area contributed by atoms with Crippen LogP contribution in [0.5, 0.6) is 0 Å². The van der Waals surface area contributed by atoms with Crippen LogP contribution in [-0.2, 0) is 25.2 Å². The zero-order chi connectivity index (χ0) is 13.3. The van der Waals surface area contributed by atoms with Crippen LogP contribution >= 0.6 is 0 Å². The first-order chi connectivity index (χ1) is 9.10. The van der Waals surface area contributed by atoms with Gasteiger partial charge in [0.05, 0.1) is 12.7 Å². The number of benzene rings is 1. The van der Waals surface area contributed by atoms with Gasteiger partial charge in [0.25, 0.3) is 0 Å². The Labute approximate surface area is 114 Å². The molecule has 1 aromatic rings. The molecule has 1 aliphatic heterocycles. The first-order valence-electron chi connectivity index (χ1n) is 6.71. The van der Waals surface area contributed by atoms with E-state index >= 15 is 0 Å². The van der Waals surface area contributed by atoms with Crippen LogP contribution in [0.1, 0.15) is 31.2 Å². The summed E-state index contributed by atoms with van der Waals surface area (Å²) in [6.07, 6.45) is 4.47. The van der Waals surface area contributed by atoms with E-state index in [1.807, 2.05) is 18.2 Å². The molecule has 5 heteroatoms. The highest BCUT2D eigenvalue weighted by Crippen LogP contribution is 2.45. The molecule has 104 valence electrons. The highest BCUT2D eigenvalue weighted by Gasteiger charge is 2.48. The summed E-state index contributed by atoms with van der Waals surface area (Å²) < 4.78 is 33.1. The Morgan fingerprint density at radius 2 is 2.00 bits per heavy atom. The molecule has 0 bridgehead atoms. The van der Waals surface area contributed by atoms with Crippen LogP contribution in [0.2, 0.25) is 0 Å². The Hall–Kier alpha value is -0.910. The Kier molecular flexibility index (Phi) is 3.37. The van der Waals surface area contributed by atoms with Crippen molar-refractivity contribution in [1.29, 1.82) is 0 Å². The van der Waals surface area contributed by atoms with E-state index in [0.29, 0.717) is 0 Å². The molecular weight excluding hydrogens is 264 g/mol. The Morgan fingerprint density at radius 3 is 2.79 bits per heavy atom. The summed E-state index contributed by atoms with van der Waals surface area (Å²) in [6, 6.07) is 10.1. The molecule has 1 saturated heterocycles. The van der Waals surface area contributed by atoms with E-state index < -0.39 is 10.4 Å². The van der Waals surface area contributed by atoms with E-state index in [2.05, 4.69) is 12.1 Å². The quantitative estimate of drug-likeness (QED) is 0.836. The van der Waals surface area contributed by atoms with Gasteiger partial charge in [-0.25, -0.2) is 8.37 Å². The van der Waals surface area contributed by atoms with Crippen LogP contribution in [0.3, 0.4) is 0 Å². The predicted molar refractivity (Wildman–Crippen MR) is 70.8 cm³/mol. The minimum atomic E-state index is -3.78. The molecule has 2 fully saturated rings. The summed E-state index contributed by atoms with van der Waals surface area (Å²) in [4.78, 5) is 0. The van der Waals surface area contributed by atoms with E-state index in [9.17, 15) is 8.42 Å². The summed E-state index contributed by atoms with van der Waals surface area (Å²) >= 11 is 0. The fourth-order valence-corrected chi connectivity index (χ4v) is 4.22. The van der Waals surface area contributed by atoms with Gasteiger partial charge in [-0.05, 0) is 24.8 Å². The normalized spacial score (nSPS) is 33.6. The van der Waals surface area contributed by atoms with Crippen molar-refractivity contribution in [2.45, 2.75) is 38.2 Å². The van der Waals surface area contributed by atoms with Crippen molar-refractivity contribution >= 4 is 10.4 Å². The standard InChI is InChI=1S/C14H18O4S/c15-19(16)17-11-14(9-5-4-8-13(14)18-19)10-12-6-2-1-3-7-12/h1-3,6-7,13H,4-5,8-11H2. The lowest BCUT2D eigenvalue weighted by Gasteiger charge is -2.45. The number of rotatable bonds is 2. The van der Waals surface area contributed by atoms with E-state index in [4.69, 9.17) is 8.37 Å². The van der Waals surface area contributed by atoms with Gasteiger partial charge in [0.15, 0.2) is 0 Å². The van der Waals surface area contributed by atoms with Crippen molar-refractivity contribution in [1.82, 2.24) is 0 Å². The lowest BCUT2D eigenvalue weighted by Crippen LogP contribution is -2.50. The van der Waals surface area contributed by atoms with Crippen LogP contribution in [0.25, 0.3) is 0 Å². The molecule has 2 atom stereocenters. The van der Waals surface area contributed by atoms with Gasteiger partial charge in [-0.2, -0.15) is 8.42 Å². The topological polar surface area (TPSA) is 52.6 Å². The molecule has 1 aromatic carbocycles. The Balaban J connectivity index is 1.87. The van der Waals surface area contributed by atoms with E-state index in [-0.39, 0.29) is 18.1 Å². The Morgan fingerprint density at radius 1 is 1.21 bits per heavy atom. The predicted octanol–water partition coefficient (Wildman–Crippen LogP) is 2.45. The lowest BCUT2D eigenvalue weighted by molar-refractivity contribution is -0.0648. The third-order valence-electron chi connectivity index (χ3n) is 4.20. The fraction of sp³-hybridized carbons (Fsp3) is 0.571. The van der Waals surface area contributed by atoms with E-state index in [1.165, 1.54) is 5.56 Å². The maximum absolute atomic E-state index is 11.5. The Bertz CT molecular complexity index is 540. The van der Waals surface area contributed by atoms with Gasteiger partial charge in [-0.1, -0.05) is 43.2 Å². The maximum atomic E-state index is 11.5. The van der Waals surface area contributed by atoms with Crippen LogP contribution in [0.15, 0.2) is 30.3 Å². The van der Waals surface area contributed by atoms with Crippen molar-refractivity contribution in [3.05, 3.63) is 35.9 Å². The van der Waals surface area contributed by atoms with Crippen LogP contribution in [0, 0.1) is 5.41 Å². The van der Waals surface area contributed by atoms with Crippen molar-refractivity contribution in [3.8, 4) is 0 Å². The molecule has 19 heavy (non-hydrogen) atoms. The minimum absolute atomic E-state index is 0.190. The molecule has 4 nitrogen and oxygen atoms in total. The smallest absolute Gasteiger partial charge is 0.247 e. The highest BCUT2D eigenvalue weighted by atomic mass is 32.3. The summed E-state index contributed by atoms with van der Waals surface area (Å²) in [7, 11) is -3.78. The third kappa shape index (κ3) is 2.68. The lowest BCUT2D eigenvalue weighted by atomic mass is 9.69. The zero-order valence-corrected chi connectivity index (χ0v) is 11.6. The molecule has 0 radical (unpaired) electrons. The van der Waals surface area contributed by atoms with Gasteiger partial charge in [-0.3, -0.25) is 0 Å². The van der Waals surface area contributed by atoms with Crippen molar-refractivity contribution in [2.75, 3.05) is 6.61 Å². The molecule has 2 unspecified atom stereocenters. The van der Waals surface area contributed by atoms with Crippen LogP contribution in [-0.4, -0.2) is 21.1 Å². The summed E-state index contributed by atoms with van der Waals surface area (Å²) in [5, 5.41) is 0. The second-order valence-electron chi connectivity index (χ2n) is 5.53. The average Bonchev–Trinajstić information content (AvgIpc) is 2.40. The number of fused-ring (bicyclic) bond motifs is 1. The molecule has 3 rings (SSSR count). The van der Waals surface area contributed by atoms with Crippen molar-refractivity contribution < 1.29 is 16.8 Å². The van der Waals surface area contributed by atoms with Gasteiger partial charge in [0.2, 0.25) is 0 Å². The minimum Gasteiger partial charge on any atom is -0.247 e. The second kappa shape index (κ2) is 4.89. The maximum Gasteiger partial charge on any atom is 0.400 e. The number of hydrogen-bond acceptors (Lipinski definition) is 4. The number of hydrogen-bond donors (Lipinski definition) is 0. The van der Waals surface area contributed by atoms with Gasteiger partial charge >= 0.3 is 10.4 Å². The van der Waals surface area contributed by atoms with Crippen molar-refractivity contribution in [2.24, 2.45) is 5.41 Å². The van der Waals surface area contributed by atoms with E-state index in [1.54, 1.807) is 0 Å². The highest BCUT2D eigenvalue weighted by molar-refractivity contribution is 7.81. The summed E-state index contributed by atoms with van der Waals surface area (Å²) in [5.74, 6) is 0. The summed E-state index contributed by atoms with van der Waals surface area (Å²) in [5.41, 5.74) is 1.02. The largest absolute Gasteiger partial charge is 0.400 e. The van der Waals surface area contributed by atoms with Gasteiger partial charge in [0.1, 0.15) is 0 Å². The van der Waals surface area contributed by atoms with E-state index in [0.717, 1.165) is 32.1 Å². The molecule has 0 N–H and O–H groups in total. The molecular formula is C14H18O4S.